The quantitative estimate of drug-likeness (QED) is 0.555. The van der Waals surface area contributed by atoms with Crippen LogP contribution in [0.3, 0.4) is 0 Å². The summed E-state index contributed by atoms with van der Waals surface area (Å²) in [4.78, 5) is 16.5. The van der Waals surface area contributed by atoms with E-state index in [-0.39, 0.29) is 0 Å². The summed E-state index contributed by atoms with van der Waals surface area (Å²) in [6.45, 7) is 1.15. The molecule has 0 aliphatic rings. The Hall–Kier alpha value is -0.710. The van der Waals surface area contributed by atoms with E-state index in [1.807, 2.05) is 0 Å². The van der Waals surface area contributed by atoms with Crippen molar-refractivity contribution in [3.63, 3.8) is 0 Å². The first-order valence-corrected chi connectivity index (χ1v) is 3.40. The predicted molar refractivity (Wildman–Crippen MR) is 32.1 cm³/mol. The van der Waals surface area contributed by atoms with Crippen LogP contribution < -0.4 is 0 Å². The predicted octanol–water partition coefficient (Wildman–Crippen LogP) is 0.0204. The molecule has 0 aliphatic carbocycles. The van der Waals surface area contributed by atoms with Crippen molar-refractivity contribution in [3.05, 3.63) is 0 Å². The molecule has 0 saturated heterocycles. The zero-order chi connectivity index (χ0) is 8.20. The summed E-state index contributed by atoms with van der Waals surface area (Å²) in [7, 11) is -2.65. The standard InChI is InChI=1S/C4H5N2O3P/c1-4(2-5,3-6)9-10(7)8/h7-8H,1H3. The second-order valence-corrected chi connectivity index (χ2v) is 2.29. The monoisotopic (exact) mass is 160 g/mol. The number of hydrogen-bond acceptors (Lipinski definition) is 5. The average Bonchev–Trinajstić information content (AvgIpc) is 1.87. The Morgan fingerprint density at radius 1 is 1.40 bits per heavy atom. The molecule has 0 radical (unpaired) electrons. The third-order valence-electron chi connectivity index (χ3n) is 0.691. The fourth-order valence-electron chi connectivity index (χ4n) is 0.229. The van der Waals surface area contributed by atoms with Crippen LogP contribution >= 0.6 is 8.60 Å². The minimum atomic E-state index is -2.65. The van der Waals surface area contributed by atoms with Crippen LogP contribution in [0.5, 0.6) is 0 Å². The second kappa shape index (κ2) is 3.46. The molecular formula is C4H5N2O3P. The summed E-state index contributed by atoms with van der Waals surface area (Å²) in [5, 5.41) is 16.4. The Bertz CT molecular complexity index is 178. The van der Waals surface area contributed by atoms with Crippen LogP contribution in [0.2, 0.25) is 0 Å². The van der Waals surface area contributed by atoms with Gasteiger partial charge in [-0.15, -0.1) is 0 Å². The smallest absolute Gasteiger partial charge is 0.328 e. The topological polar surface area (TPSA) is 97.3 Å². The summed E-state index contributed by atoms with van der Waals surface area (Å²) in [6.07, 6.45) is 0. The zero-order valence-electron chi connectivity index (χ0n) is 5.14. The maximum absolute atomic E-state index is 8.25. The zero-order valence-corrected chi connectivity index (χ0v) is 6.04. The van der Waals surface area contributed by atoms with Crippen molar-refractivity contribution in [1.82, 2.24) is 0 Å². The van der Waals surface area contributed by atoms with E-state index in [1.165, 1.54) is 12.1 Å². The average molecular weight is 160 g/mol. The Balaban J connectivity index is 4.15. The van der Waals surface area contributed by atoms with Crippen LogP contribution in [0.15, 0.2) is 0 Å². The molecule has 10 heavy (non-hydrogen) atoms. The van der Waals surface area contributed by atoms with E-state index in [1.54, 1.807) is 0 Å². The van der Waals surface area contributed by atoms with E-state index >= 15 is 0 Å². The van der Waals surface area contributed by atoms with E-state index in [0.717, 1.165) is 6.92 Å². The molecule has 0 aromatic carbocycles. The molecule has 0 aromatic rings. The summed E-state index contributed by atoms with van der Waals surface area (Å²) >= 11 is 0. The van der Waals surface area contributed by atoms with Gasteiger partial charge in [0.05, 0.1) is 0 Å². The molecule has 0 heterocycles. The number of nitrogens with zero attached hydrogens (tertiary/aromatic N) is 2. The summed E-state index contributed by atoms with van der Waals surface area (Å²) < 4.78 is 4.19. The maximum Gasteiger partial charge on any atom is 0.329 e. The van der Waals surface area contributed by atoms with Gasteiger partial charge in [-0.1, -0.05) is 0 Å². The van der Waals surface area contributed by atoms with Crippen molar-refractivity contribution in [2.24, 2.45) is 0 Å². The fraction of sp³-hybridized carbons (Fsp3) is 0.500. The highest BCUT2D eigenvalue weighted by atomic mass is 31.2. The number of nitriles is 2. The van der Waals surface area contributed by atoms with Crippen molar-refractivity contribution in [2.75, 3.05) is 0 Å². The third kappa shape index (κ3) is 2.72. The van der Waals surface area contributed by atoms with Crippen LogP contribution in [-0.4, -0.2) is 15.4 Å². The SMILES string of the molecule is CC(C#N)(C#N)OP(O)O. The molecule has 0 aliphatic heterocycles. The molecular weight excluding hydrogens is 155 g/mol. The molecule has 0 spiro atoms. The van der Waals surface area contributed by atoms with Gasteiger partial charge in [0, 0.05) is 0 Å². The van der Waals surface area contributed by atoms with E-state index < -0.39 is 14.2 Å². The van der Waals surface area contributed by atoms with Crippen LogP contribution in [0.4, 0.5) is 0 Å². The van der Waals surface area contributed by atoms with Gasteiger partial charge >= 0.3 is 8.60 Å². The van der Waals surface area contributed by atoms with Crippen LogP contribution in [0, 0.1) is 22.7 Å². The lowest BCUT2D eigenvalue weighted by Crippen LogP contribution is -2.21. The molecule has 0 atom stereocenters. The molecule has 54 valence electrons. The molecule has 6 heteroatoms. The van der Waals surface area contributed by atoms with E-state index in [2.05, 4.69) is 4.52 Å². The Morgan fingerprint density at radius 2 is 1.80 bits per heavy atom. The summed E-state index contributed by atoms with van der Waals surface area (Å²) in [5.74, 6) is 0. The highest BCUT2D eigenvalue weighted by Crippen LogP contribution is 2.31. The van der Waals surface area contributed by atoms with Gasteiger partial charge in [-0.3, -0.25) is 4.52 Å². The normalized spacial score (nSPS) is 10.6. The van der Waals surface area contributed by atoms with Gasteiger partial charge in [0.25, 0.3) is 0 Å². The highest BCUT2D eigenvalue weighted by molar-refractivity contribution is 7.39. The van der Waals surface area contributed by atoms with Gasteiger partial charge in [-0.2, -0.15) is 10.5 Å². The Kier molecular flexibility index (Phi) is 3.21. The third-order valence-corrected chi connectivity index (χ3v) is 1.22. The first-order valence-electron chi connectivity index (χ1n) is 2.23. The molecule has 5 nitrogen and oxygen atoms in total. The molecule has 0 bridgehead atoms. The van der Waals surface area contributed by atoms with E-state index in [0.29, 0.717) is 0 Å². The number of rotatable bonds is 2. The summed E-state index contributed by atoms with van der Waals surface area (Å²) in [6, 6.07) is 2.94. The van der Waals surface area contributed by atoms with E-state index in [4.69, 9.17) is 20.3 Å². The van der Waals surface area contributed by atoms with Crippen molar-refractivity contribution < 1.29 is 14.3 Å². The lowest BCUT2D eigenvalue weighted by Gasteiger charge is -2.12. The minimum absolute atomic E-state index is 1.15. The first-order chi connectivity index (χ1) is 4.54. The molecule has 0 fully saturated rings. The second-order valence-electron chi connectivity index (χ2n) is 1.60. The lowest BCUT2D eigenvalue weighted by molar-refractivity contribution is 0.173. The molecule has 0 unspecified atom stereocenters. The highest BCUT2D eigenvalue weighted by Gasteiger charge is 2.27. The van der Waals surface area contributed by atoms with Crippen molar-refractivity contribution in [3.8, 4) is 12.1 Å². The molecule has 2 N–H and O–H groups in total. The van der Waals surface area contributed by atoms with Gasteiger partial charge in [-0.25, -0.2) is 0 Å². The fourth-order valence-corrected chi connectivity index (χ4v) is 0.637. The van der Waals surface area contributed by atoms with Crippen LogP contribution in [-0.2, 0) is 4.52 Å². The van der Waals surface area contributed by atoms with Gasteiger partial charge in [0.1, 0.15) is 12.1 Å². The molecule has 0 amide bonds. The van der Waals surface area contributed by atoms with Crippen LogP contribution in [0.1, 0.15) is 6.92 Å². The van der Waals surface area contributed by atoms with Gasteiger partial charge in [0.15, 0.2) is 0 Å². The van der Waals surface area contributed by atoms with Gasteiger partial charge < -0.3 is 9.79 Å². The first kappa shape index (κ1) is 9.29. The molecule has 0 rings (SSSR count). The van der Waals surface area contributed by atoms with Crippen LogP contribution in [0.25, 0.3) is 0 Å². The molecule has 0 saturated carbocycles. The van der Waals surface area contributed by atoms with Crippen molar-refractivity contribution >= 4 is 8.60 Å². The summed E-state index contributed by atoms with van der Waals surface area (Å²) in [5.41, 5.74) is -1.75. The minimum Gasteiger partial charge on any atom is -0.328 e. The largest absolute Gasteiger partial charge is 0.329 e. The van der Waals surface area contributed by atoms with Gasteiger partial charge in [-0.05, 0) is 6.92 Å². The Morgan fingerprint density at radius 3 is 1.90 bits per heavy atom. The van der Waals surface area contributed by atoms with Crippen molar-refractivity contribution in [2.45, 2.75) is 12.5 Å². The Labute approximate surface area is 59.1 Å². The molecule has 0 aromatic heterocycles. The van der Waals surface area contributed by atoms with E-state index in [9.17, 15) is 0 Å². The maximum atomic E-state index is 8.25. The number of hydrogen-bond donors (Lipinski definition) is 2. The van der Waals surface area contributed by atoms with Gasteiger partial charge in [0.2, 0.25) is 5.60 Å². The lowest BCUT2D eigenvalue weighted by atomic mass is 10.2. The van der Waals surface area contributed by atoms with Crippen molar-refractivity contribution in [1.29, 1.82) is 10.5 Å².